The lowest BCUT2D eigenvalue weighted by Gasteiger charge is -2.32. The van der Waals surface area contributed by atoms with E-state index in [9.17, 15) is 9.59 Å². The third kappa shape index (κ3) is 3.41. The number of rotatable bonds is 4. The van der Waals surface area contributed by atoms with Crippen molar-refractivity contribution in [3.63, 3.8) is 0 Å². The first kappa shape index (κ1) is 15.5. The predicted octanol–water partition coefficient (Wildman–Crippen LogP) is 1.09. The number of morpholine rings is 1. The van der Waals surface area contributed by atoms with Crippen molar-refractivity contribution in [3.8, 4) is 0 Å². The van der Waals surface area contributed by atoms with Gasteiger partial charge in [-0.1, -0.05) is 0 Å². The normalized spacial score (nSPS) is 19.0. The lowest BCUT2D eigenvalue weighted by molar-refractivity contribution is -0.141. The summed E-state index contributed by atoms with van der Waals surface area (Å²) in [6.07, 6.45) is 1.05. The molecule has 2 rings (SSSR count). The van der Waals surface area contributed by atoms with Gasteiger partial charge in [-0.2, -0.15) is 5.10 Å². The second kappa shape index (κ2) is 6.26. The number of aliphatic carboxylic acids is 1. The minimum atomic E-state index is -0.918. The third-order valence-electron chi connectivity index (χ3n) is 3.59. The molecule has 1 aromatic heterocycles. The maximum atomic E-state index is 12.6. The van der Waals surface area contributed by atoms with Gasteiger partial charge in [-0.05, 0) is 20.8 Å². The predicted molar refractivity (Wildman–Crippen MR) is 75.2 cm³/mol. The molecule has 0 spiro atoms. The van der Waals surface area contributed by atoms with Crippen LogP contribution in [-0.4, -0.2) is 57.5 Å². The Bertz CT molecular complexity index is 538. The van der Waals surface area contributed by atoms with Gasteiger partial charge in [0, 0.05) is 24.8 Å². The summed E-state index contributed by atoms with van der Waals surface area (Å²) in [5.41, 5.74) is 1.40. The number of carbonyl (C=O) groups is 2. The second-order valence-electron chi connectivity index (χ2n) is 5.52. The average molecular weight is 295 g/mol. The molecule has 1 aliphatic rings. The van der Waals surface area contributed by atoms with Crippen molar-refractivity contribution in [2.24, 2.45) is 0 Å². The van der Waals surface area contributed by atoms with Gasteiger partial charge in [0.25, 0.3) is 5.91 Å². The number of nitrogens with zero attached hydrogens (tertiary/aromatic N) is 3. The van der Waals surface area contributed by atoms with E-state index in [4.69, 9.17) is 9.84 Å². The Morgan fingerprint density at radius 1 is 1.52 bits per heavy atom. The number of carbonyl (C=O) groups excluding carboxylic acids is 1. The largest absolute Gasteiger partial charge is 0.481 e. The van der Waals surface area contributed by atoms with Gasteiger partial charge in [-0.15, -0.1) is 0 Å². The van der Waals surface area contributed by atoms with Crippen LogP contribution < -0.4 is 0 Å². The Morgan fingerprint density at radius 3 is 2.81 bits per heavy atom. The van der Waals surface area contributed by atoms with E-state index in [1.54, 1.807) is 11.1 Å². The molecule has 0 aliphatic carbocycles. The molecule has 1 atom stereocenters. The molecule has 0 radical (unpaired) electrons. The van der Waals surface area contributed by atoms with Crippen molar-refractivity contribution < 1.29 is 19.4 Å². The summed E-state index contributed by atoms with van der Waals surface area (Å²) in [5.74, 6) is -1.03. The highest BCUT2D eigenvalue weighted by molar-refractivity contribution is 5.95. The monoisotopic (exact) mass is 295 g/mol. The zero-order valence-electron chi connectivity index (χ0n) is 12.6. The van der Waals surface area contributed by atoms with Crippen molar-refractivity contribution in [3.05, 3.63) is 17.5 Å². The van der Waals surface area contributed by atoms with Crippen LogP contribution in [0.1, 0.15) is 42.4 Å². The van der Waals surface area contributed by atoms with Crippen LogP contribution in [-0.2, 0) is 9.53 Å². The van der Waals surface area contributed by atoms with Crippen LogP contribution in [0.5, 0.6) is 0 Å². The van der Waals surface area contributed by atoms with Gasteiger partial charge in [0.1, 0.15) is 0 Å². The smallest absolute Gasteiger partial charge is 0.306 e. The molecule has 1 amide bonds. The average Bonchev–Trinajstić information content (AvgIpc) is 2.79. The topological polar surface area (TPSA) is 84.7 Å². The molecule has 21 heavy (non-hydrogen) atoms. The summed E-state index contributed by atoms with van der Waals surface area (Å²) in [6.45, 7) is 7.02. The Balaban J connectivity index is 2.10. The van der Waals surface area contributed by atoms with Gasteiger partial charge >= 0.3 is 5.97 Å². The van der Waals surface area contributed by atoms with E-state index in [2.05, 4.69) is 5.10 Å². The third-order valence-corrected chi connectivity index (χ3v) is 3.59. The summed E-state index contributed by atoms with van der Waals surface area (Å²) in [5, 5.41) is 13.1. The quantitative estimate of drug-likeness (QED) is 0.898. The van der Waals surface area contributed by atoms with Crippen LogP contribution in [0.15, 0.2) is 6.20 Å². The number of amides is 1. The molecular weight excluding hydrogens is 274 g/mol. The summed E-state index contributed by atoms with van der Waals surface area (Å²) in [7, 11) is 0. The molecule has 2 heterocycles. The minimum Gasteiger partial charge on any atom is -0.481 e. The van der Waals surface area contributed by atoms with E-state index < -0.39 is 12.1 Å². The second-order valence-corrected chi connectivity index (χ2v) is 5.52. The van der Waals surface area contributed by atoms with Gasteiger partial charge in [0.2, 0.25) is 0 Å². The summed E-state index contributed by atoms with van der Waals surface area (Å²) < 4.78 is 7.19. The number of carboxylic acid groups (broad SMARTS) is 1. The highest BCUT2D eigenvalue weighted by Gasteiger charge is 2.28. The standard InChI is InChI=1S/C14H21N3O4/c1-9(2)17-10(3)12(7-15-17)14(20)16-4-5-21-11(8-16)6-13(18)19/h7,9,11H,4-6,8H2,1-3H3,(H,18,19). The fourth-order valence-electron chi connectivity index (χ4n) is 2.55. The number of hydrogen-bond donors (Lipinski definition) is 1. The zero-order chi connectivity index (χ0) is 15.6. The molecule has 1 N–H and O–H groups in total. The maximum Gasteiger partial charge on any atom is 0.306 e. The molecule has 0 bridgehead atoms. The van der Waals surface area contributed by atoms with E-state index in [-0.39, 0.29) is 18.4 Å². The summed E-state index contributed by atoms with van der Waals surface area (Å²) >= 11 is 0. The van der Waals surface area contributed by atoms with E-state index >= 15 is 0 Å². The van der Waals surface area contributed by atoms with Gasteiger partial charge in [0.15, 0.2) is 0 Å². The van der Waals surface area contributed by atoms with Crippen molar-refractivity contribution in [1.29, 1.82) is 0 Å². The SMILES string of the molecule is Cc1c(C(=O)N2CCOC(CC(=O)O)C2)cnn1C(C)C. The van der Waals surface area contributed by atoms with Crippen molar-refractivity contribution >= 4 is 11.9 Å². The Kier molecular flexibility index (Phi) is 4.62. The lowest BCUT2D eigenvalue weighted by atomic mass is 10.1. The first-order chi connectivity index (χ1) is 9.90. The van der Waals surface area contributed by atoms with E-state index in [1.807, 2.05) is 25.5 Å². The molecule has 1 aliphatic heterocycles. The first-order valence-corrected chi connectivity index (χ1v) is 7.07. The number of aromatic nitrogens is 2. The number of carboxylic acids is 1. The summed E-state index contributed by atoms with van der Waals surface area (Å²) in [4.78, 5) is 25.0. The molecule has 7 heteroatoms. The van der Waals surface area contributed by atoms with Crippen LogP contribution in [0.25, 0.3) is 0 Å². The van der Waals surface area contributed by atoms with Crippen LogP contribution in [0.3, 0.4) is 0 Å². The molecule has 0 aromatic carbocycles. The van der Waals surface area contributed by atoms with E-state index in [1.165, 1.54) is 0 Å². The van der Waals surface area contributed by atoms with Gasteiger partial charge in [-0.25, -0.2) is 0 Å². The van der Waals surface area contributed by atoms with E-state index in [0.29, 0.717) is 25.3 Å². The van der Waals surface area contributed by atoms with Crippen molar-refractivity contribution in [1.82, 2.24) is 14.7 Å². The van der Waals surface area contributed by atoms with Crippen LogP contribution in [0.2, 0.25) is 0 Å². The van der Waals surface area contributed by atoms with Crippen molar-refractivity contribution in [2.75, 3.05) is 19.7 Å². The van der Waals surface area contributed by atoms with Gasteiger partial charge in [-0.3, -0.25) is 14.3 Å². The molecular formula is C14H21N3O4. The number of ether oxygens (including phenoxy) is 1. The molecule has 1 fully saturated rings. The maximum absolute atomic E-state index is 12.6. The lowest BCUT2D eigenvalue weighted by Crippen LogP contribution is -2.46. The fraction of sp³-hybridized carbons (Fsp3) is 0.643. The minimum absolute atomic E-state index is 0.0893. The van der Waals surface area contributed by atoms with Crippen LogP contribution >= 0.6 is 0 Å². The highest BCUT2D eigenvalue weighted by Crippen LogP contribution is 2.17. The van der Waals surface area contributed by atoms with Crippen LogP contribution in [0.4, 0.5) is 0 Å². The molecule has 7 nitrogen and oxygen atoms in total. The fourth-order valence-corrected chi connectivity index (χ4v) is 2.55. The highest BCUT2D eigenvalue weighted by atomic mass is 16.5. The molecule has 1 aromatic rings. The van der Waals surface area contributed by atoms with Crippen molar-refractivity contribution in [2.45, 2.75) is 39.3 Å². The molecule has 1 unspecified atom stereocenters. The molecule has 1 saturated heterocycles. The molecule has 116 valence electrons. The Hall–Kier alpha value is -1.89. The molecule has 0 saturated carbocycles. The summed E-state index contributed by atoms with van der Waals surface area (Å²) in [6, 6.07) is 0.191. The number of hydrogen-bond acceptors (Lipinski definition) is 4. The van der Waals surface area contributed by atoms with Crippen LogP contribution in [0, 0.1) is 6.92 Å². The Labute approximate surface area is 123 Å². The van der Waals surface area contributed by atoms with Gasteiger partial charge in [0.05, 0.1) is 30.9 Å². The van der Waals surface area contributed by atoms with E-state index in [0.717, 1.165) is 5.69 Å². The van der Waals surface area contributed by atoms with Gasteiger partial charge < -0.3 is 14.7 Å². The Morgan fingerprint density at radius 2 is 2.24 bits per heavy atom. The zero-order valence-corrected chi connectivity index (χ0v) is 12.6. The first-order valence-electron chi connectivity index (χ1n) is 7.07.